The lowest BCUT2D eigenvalue weighted by atomic mass is 9.72. The van der Waals surface area contributed by atoms with Crippen LogP contribution in [0.1, 0.15) is 53.4 Å². The Morgan fingerprint density at radius 1 is 1.30 bits per heavy atom. The van der Waals surface area contributed by atoms with E-state index in [4.69, 9.17) is 5.73 Å². The summed E-state index contributed by atoms with van der Waals surface area (Å²) < 4.78 is 0. The molecule has 1 aliphatic rings. The van der Waals surface area contributed by atoms with Crippen LogP contribution < -0.4 is 11.1 Å². The van der Waals surface area contributed by atoms with Crippen molar-refractivity contribution in [1.29, 1.82) is 0 Å². The van der Waals surface area contributed by atoms with E-state index in [9.17, 15) is 4.79 Å². The fourth-order valence-corrected chi connectivity index (χ4v) is 3.30. The number of hydrogen-bond acceptors (Lipinski definition) is 3. The number of primary amides is 1. The van der Waals surface area contributed by atoms with Gasteiger partial charge in [0.15, 0.2) is 0 Å². The van der Waals surface area contributed by atoms with Crippen LogP contribution in [0.5, 0.6) is 0 Å². The van der Waals surface area contributed by atoms with Crippen molar-refractivity contribution in [3.8, 4) is 0 Å². The van der Waals surface area contributed by atoms with Gasteiger partial charge in [0.25, 0.3) is 0 Å². The van der Waals surface area contributed by atoms with Crippen molar-refractivity contribution in [2.45, 2.75) is 58.9 Å². The third kappa shape index (κ3) is 4.45. The first-order chi connectivity index (χ1) is 9.45. The summed E-state index contributed by atoms with van der Waals surface area (Å²) in [5.41, 5.74) is 5.23. The number of nitrogens with one attached hydrogen (secondary N) is 1. The van der Waals surface area contributed by atoms with Crippen molar-refractivity contribution in [2.75, 3.05) is 26.2 Å². The Labute approximate surface area is 124 Å². The van der Waals surface area contributed by atoms with E-state index in [0.717, 1.165) is 57.8 Å². The third-order valence-corrected chi connectivity index (χ3v) is 5.08. The van der Waals surface area contributed by atoms with Crippen molar-refractivity contribution in [1.82, 2.24) is 10.2 Å². The van der Waals surface area contributed by atoms with Gasteiger partial charge in [0.1, 0.15) is 0 Å². The molecule has 1 fully saturated rings. The molecule has 4 heteroatoms. The summed E-state index contributed by atoms with van der Waals surface area (Å²) >= 11 is 0. The van der Waals surface area contributed by atoms with Gasteiger partial charge < -0.3 is 16.0 Å². The SMILES string of the molecule is CCN(CC)CCNC1(C(N)=O)CCC(C(C)C)CC1. The number of amides is 1. The van der Waals surface area contributed by atoms with Crippen molar-refractivity contribution in [3.05, 3.63) is 0 Å². The van der Waals surface area contributed by atoms with Crippen molar-refractivity contribution in [2.24, 2.45) is 17.6 Å². The predicted molar refractivity (Wildman–Crippen MR) is 84.5 cm³/mol. The predicted octanol–water partition coefficient (Wildman–Crippen LogP) is 1.99. The van der Waals surface area contributed by atoms with Crippen LogP contribution in [0.3, 0.4) is 0 Å². The highest BCUT2D eigenvalue weighted by Crippen LogP contribution is 2.35. The van der Waals surface area contributed by atoms with E-state index in [0.29, 0.717) is 5.92 Å². The lowest BCUT2D eigenvalue weighted by molar-refractivity contribution is -0.126. The Morgan fingerprint density at radius 2 is 1.85 bits per heavy atom. The second-order valence-corrected chi connectivity index (χ2v) is 6.48. The Kier molecular flexibility index (Phi) is 6.96. The van der Waals surface area contributed by atoms with Crippen LogP contribution in [0.25, 0.3) is 0 Å². The standard InChI is InChI=1S/C16H33N3O/c1-5-19(6-2)12-11-18-16(15(17)20)9-7-14(8-10-16)13(3)4/h13-14,18H,5-12H2,1-4H3,(H2,17,20). The Bertz CT molecular complexity index is 292. The maximum Gasteiger partial charge on any atom is 0.237 e. The summed E-state index contributed by atoms with van der Waals surface area (Å²) in [6.07, 6.45) is 4.00. The van der Waals surface area contributed by atoms with Gasteiger partial charge >= 0.3 is 0 Å². The van der Waals surface area contributed by atoms with Crippen molar-refractivity contribution in [3.63, 3.8) is 0 Å². The van der Waals surface area contributed by atoms with Gasteiger partial charge in [-0.1, -0.05) is 27.7 Å². The van der Waals surface area contributed by atoms with E-state index in [1.165, 1.54) is 0 Å². The quantitative estimate of drug-likeness (QED) is 0.716. The molecule has 118 valence electrons. The second kappa shape index (κ2) is 7.99. The highest BCUT2D eigenvalue weighted by Gasteiger charge is 2.40. The largest absolute Gasteiger partial charge is 0.368 e. The van der Waals surface area contributed by atoms with E-state index in [1.807, 2.05) is 0 Å². The molecule has 1 amide bonds. The fourth-order valence-electron chi connectivity index (χ4n) is 3.30. The summed E-state index contributed by atoms with van der Waals surface area (Å²) in [6, 6.07) is 0. The van der Waals surface area contributed by atoms with Gasteiger partial charge in [0, 0.05) is 13.1 Å². The Hall–Kier alpha value is -0.610. The molecule has 0 unspecified atom stereocenters. The molecule has 20 heavy (non-hydrogen) atoms. The van der Waals surface area contributed by atoms with Gasteiger partial charge in [0.05, 0.1) is 5.54 Å². The molecule has 0 aliphatic heterocycles. The van der Waals surface area contributed by atoms with Gasteiger partial charge in [0.2, 0.25) is 5.91 Å². The van der Waals surface area contributed by atoms with Crippen molar-refractivity contribution >= 4 is 5.91 Å². The zero-order valence-electron chi connectivity index (χ0n) is 13.7. The number of likely N-dealkylation sites (N-methyl/N-ethyl adjacent to an activating group) is 1. The molecule has 0 heterocycles. The molecule has 1 rings (SSSR count). The summed E-state index contributed by atoms with van der Waals surface area (Å²) in [6.45, 7) is 12.8. The number of hydrogen-bond donors (Lipinski definition) is 2. The maximum atomic E-state index is 11.9. The zero-order chi connectivity index (χ0) is 15.2. The summed E-state index contributed by atoms with van der Waals surface area (Å²) in [7, 11) is 0. The minimum atomic E-state index is -0.460. The molecular formula is C16H33N3O. The lowest BCUT2D eigenvalue weighted by Crippen LogP contribution is -2.58. The van der Waals surface area contributed by atoms with Gasteiger partial charge in [-0.25, -0.2) is 0 Å². The van der Waals surface area contributed by atoms with Crippen LogP contribution in [0.4, 0.5) is 0 Å². The minimum Gasteiger partial charge on any atom is -0.368 e. The normalized spacial score (nSPS) is 27.2. The van der Waals surface area contributed by atoms with Gasteiger partial charge in [-0.15, -0.1) is 0 Å². The average molecular weight is 283 g/mol. The Morgan fingerprint density at radius 3 is 2.25 bits per heavy atom. The highest BCUT2D eigenvalue weighted by molar-refractivity contribution is 5.84. The van der Waals surface area contributed by atoms with Gasteiger partial charge in [-0.05, 0) is 50.6 Å². The second-order valence-electron chi connectivity index (χ2n) is 6.48. The molecule has 0 bridgehead atoms. The number of nitrogens with two attached hydrogens (primary N) is 1. The maximum absolute atomic E-state index is 11.9. The molecule has 3 N–H and O–H groups in total. The first-order valence-electron chi connectivity index (χ1n) is 8.22. The summed E-state index contributed by atoms with van der Waals surface area (Å²) in [5, 5.41) is 3.48. The highest BCUT2D eigenvalue weighted by atomic mass is 16.1. The van der Waals surface area contributed by atoms with E-state index in [1.54, 1.807) is 0 Å². The molecule has 0 spiro atoms. The number of carbonyl (C=O) groups excluding carboxylic acids is 1. The molecule has 1 saturated carbocycles. The molecular weight excluding hydrogens is 250 g/mol. The van der Waals surface area contributed by atoms with E-state index in [-0.39, 0.29) is 5.91 Å². The van der Waals surface area contributed by atoms with E-state index in [2.05, 4.69) is 37.9 Å². The molecule has 0 saturated heterocycles. The average Bonchev–Trinajstić information content (AvgIpc) is 2.44. The molecule has 0 radical (unpaired) electrons. The van der Waals surface area contributed by atoms with E-state index >= 15 is 0 Å². The fraction of sp³-hybridized carbons (Fsp3) is 0.938. The van der Waals surface area contributed by atoms with Crippen LogP contribution in [-0.2, 0) is 4.79 Å². The zero-order valence-corrected chi connectivity index (χ0v) is 13.7. The van der Waals surface area contributed by atoms with Crippen LogP contribution in [0.2, 0.25) is 0 Å². The molecule has 0 aromatic heterocycles. The summed E-state index contributed by atoms with van der Waals surface area (Å²) in [4.78, 5) is 14.3. The van der Waals surface area contributed by atoms with Crippen LogP contribution in [0, 0.1) is 11.8 Å². The summed E-state index contributed by atoms with van der Waals surface area (Å²) in [5.74, 6) is 1.28. The van der Waals surface area contributed by atoms with Gasteiger partial charge in [-0.3, -0.25) is 4.79 Å². The van der Waals surface area contributed by atoms with Crippen LogP contribution in [-0.4, -0.2) is 42.5 Å². The number of nitrogens with zero attached hydrogens (tertiary/aromatic N) is 1. The monoisotopic (exact) mass is 283 g/mol. The lowest BCUT2D eigenvalue weighted by Gasteiger charge is -2.40. The number of carbonyl (C=O) groups is 1. The molecule has 0 atom stereocenters. The third-order valence-electron chi connectivity index (χ3n) is 5.08. The smallest absolute Gasteiger partial charge is 0.237 e. The van der Waals surface area contributed by atoms with Crippen molar-refractivity contribution < 1.29 is 4.79 Å². The van der Waals surface area contributed by atoms with E-state index < -0.39 is 5.54 Å². The Balaban J connectivity index is 2.51. The van der Waals surface area contributed by atoms with Crippen LogP contribution in [0.15, 0.2) is 0 Å². The first kappa shape index (κ1) is 17.4. The molecule has 1 aliphatic carbocycles. The topological polar surface area (TPSA) is 58.4 Å². The minimum absolute atomic E-state index is 0.167. The molecule has 0 aromatic carbocycles. The first-order valence-corrected chi connectivity index (χ1v) is 8.22. The van der Waals surface area contributed by atoms with Crippen LogP contribution >= 0.6 is 0 Å². The molecule has 4 nitrogen and oxygen atoms in total. The van der Waals surface area contributed by atoms with Gasteiger partial charge in [-0.2, -0.15) is 0 Å². The molecule has 0 aromatic rings. The number of rotatable bonds is 8.